The van der Waals surface area contributed by atoms with Crippen molar-refractivity contribution in [1.82, 2.24) is 4.98 Å². The number of aliphatic hydroxyl groups is 1. The first kappa shape index (κ1) is 20.9. The number of amides is 1. The molecule has 0 fully saturated rings. The van der Waals surface area contributed by atoms with Crippen LogP contribution in [-0.2, 0) is 14.3 Å². The largest absolute Gasteiger partial charge is 0.459 e. The lowest BCUT2D eigenvalue weighted by atomic mass is 10.0. The number of aromatic nitrogens is 1. The van der Waals surface area contributed by atoms with Crippen molar-refractivity contribution in [1.29, 1.82) is 0 Å². The zero-order valence-electron chi connectivity index (χ0n) is 15.5. The van der Waals surface area contributed by atoms with Gasteiger partial charge in [0.25, 0.3) is 0 Å². The lowest BCUT2D eigenvalue weighted by molar-refractivity contribution is -0.159. The van der Waals surface area contributed by atoms with Gasteiger partial charge in [-0.05, 0) is 47.6 Å². The minimum absolute atomic E-state index is 0.0586. The van der Waals surface area contributed by atoms with E-state index in [0.29, 0.717) is 0 Å². The van der Waals surface area contributed by atoms with Crippen LogP contribution in [-0.4, -0.2) is 39.4 Å². The summed E-state index contributed by atoms with van der Waals surface area (Å²) in [6.07, 6.45) is -0.707. The van der Waals surface area contributed by atoms with Crippen molar-refractivity contribution in [3.63, 3.8) is 0 Å². The standard InChI is InChI=1S/C17H27N3O5/c1-16(2,3)24-14(22)11(18)12(21)10-8-7-9-19-13(10)20-15(23)25-17(4,5)6/h7-9,11-12,21H,18H2,1-6H3,(H,19,20,23)/t11-,12+/m0/s1. The van der Waals surface area contributed by atoms with Crippen molar-refractivity contribution in [2.45, 2.75) is 64.9 Å². The van der Waals surface area contributed by atoms with Gasteiger partial charge in [0.1, 0.15) is 29.2 Å². The SMILES string of the molecule is CC(C)(C)OC(=O)Nc1ncccc1[C@@H](O)[C@H](N)C(=O)OC(C)(C)C. The van der Waals surface area contributed by atoms with E-state index in [0.717, 1.165) is 0 Å². The Bertz CT molecular complexity index is 619. The fourth-order valence-corrected chi connectivity index (χ4v) is 1.85. The molecule has 8 heteroatoms. The summed E-state index contributed by atoms with van der Waals surface area (Å²) >= 11 is 0. The number of hydrogen-bond acceptors (Lipinski definition) is 7. The van der Waals surface area contributed by atoms with E-state index in [2.05, 4.69) is 10.3 Å². The molecule has 1 rings (SSSR count). The molecule has 0 aliphatic carbocycles. The molecular weight excluding hydrogens is 326 g/mol. The number of hydrogen-bond donors (Lipinski definition) is 3. The summed E-state index contributed by atoms with van der Waals surface area (Å²) in [7, 11) is 0. The lowest BCUT2D eigenvalue weighted by Gasteiger charge is -2.25. The van der Waals surface area contributed by atoms with Gasteiger partial charge in [-0.15, -0.1) is 0 Å². The van der Waals surface area contributed by atoms with Crippen LogP contribution in [0.3, 0.4) is 0 Å². The number of rotatable bonds is 4. The highest BCUT2D eigenvalue weighted by atomic mass is 16.6. The maximum atomic E-state index is 12.1. The molecule has 1 aromatic heterocycles. The quantitative estimate of drug-likeness (QED) is 0.708. The summed E-state index contributed by atoms with van der Waals surface area (Å²) in [4.78, 5) is 28.0. The third kappa shape index (κ3) is 7.06. The zero-order valence-corrected chi connectivity index (χ0v) is 15.5. The Balaban J connectivity index is 2.94. The van der Waals surface area contributed by atoms with Crippen LogP contribution in [0, 0.1) is 0 Å². The first-order chi connectivity index (χ1) is 11.3. The molecule has 0 aromatic carbocycles. The fourth-order valence-electron chi connectivity index (χ4n) is 1.85. The summed E-state index contributed by atoms with van der Waals surface area (Å²) in [5.41, 5.74) is 4.57. The van der Waals surface area contributed by atoms with Crippen LogP contribution in [0.5, 0.6) is 0 Å². The maximum absolute atomic E-state index is 12.1. The number of carbonyl (C=O) groups is 2. The van der Waals surface area contributed by atoms with E-state index in [1.54, 1.807) is 47.6 Å². The van der Waals surface area contributed by atoms with Crippen molar-refractivity contribution in [2.24, 2.45) is 5.73 Å². The number of anilines is 1. The molecule has 0 spiro atoms. The first-order valence-corrected chi connectivity index (χ1v) is 7.91. The number of aliphatic hydroxyl groups excluding tert-OH is 1. The van der Waals surface area contributed by atoms with Crippen LogP contribution in [0.4, 0.5) is 10.6 Å². The Morgan fingerprint density at radius 3 is 2.24 bits per heavy atom. The van der Waals surface area contributed by atoms with E-state index in [4.69, 9.17) is 15.2 Å². The number of nitrogens with zero attached hydrogens (tertiary/aromatic N) is 1. The van der Waals surface area contributed by atoms with Gasteiger partial charge in [-0.25, -0.2) is 9.78 Å². The molecule has 8 nitrogen and oxygen atoms in total. The average molecular weight is 353 g/mol. The highest BCUT2D eigenvalue weighted by molar-refractivity contribution is 5.85. The molecule has 1 heterocycles. The normalized spacial score (nSPS) is 14.4. The Morgan fingerprint density at radius 2 is 1.72 bits per heavy atom. The Morgan fingerprint density at radius 1 is 1.16 bits per heavy atom. The summed E-state index contributed by atoms with van der Waals surface area (Å²) in [5.74, 6) is -0.699. The van der Waals surface area contributed by atoms with E-state index in [-0.39, 0.29) is 11.4 Å². The molecule has 1 aromatic rings. The van der Waals surface area contributed by atoms with Gasteiger partial charge in [0, 0.05) is 11.8 Å². The molecule has 0 saturated carbocycles. The summed E-state index contributed by atoms with van der Waals surface area (Å²) in [6.45, 7) is 10.3. The molecule has 1 amide bonds. The average Bonchev–Trinajstić information content (AvgIpc) is 2.42. The lowest BCUT2D eigenvalue weighted by Crippen LogP contribution is -2.41. The van der Waals surface area contributed by atoms with Gasteiger partial charge in [-0.2, -0.15) is 0 Å². The van der Waals surface area contributed by atoms with E-state index >= 15 is 0 Å². The summed E-state index contributed by atoms with van der Waals surface area (Å²) < 4.78 is 10.3. The monoisotopic (exact) mass is 353 g/mol. The molecule has 25 heavy (non-hydrogen) atoms. The molecule has 4 N–H and O–H groups in total. The number of ether oxygens (including phenoxy) is 2. The second-order valence-electron chi connectivity index (χ2n) is 7.57. The van der Waals surface area contributed by atoms with Crippen molar-refractivity contribution < 1.29 is 24.2 Å². The van der Waals surface area contributed by atoms with Gasteiger partial charge in [-0.1, -0.05) is 6.07 Å². The van der Waals surface area contributed by atoms with Crippen LogP contribution in [0.2, 0.25) is 0 Å². The first-order valence-electron chi connectivity index (χ1n) is 7.91. The molecule has 0 bridgehead atoms. The highest BCUT2D eigenvalue weighted by Crippen LogP contribution is 2.24. The van der Waals surface area contributed by atoms with Gasteiger partial charge in [0.15, 0.2) is 0 Å². The van der Waals surface area contributed by atoms with E-state index in [1.165, 1.54) is 12.3 Å². The summed E-state index contributed by atoms with van der Waals surface area (Å²) in [5, 5.41) is 12.9. The van der Waals surface area contributed by atoms with Gasteiger partial charge in [0.05, 0.1) is 0 Å². The number of nitrogens with one attached hydrogen (secondary N) is 1. The Labute approximate surface area is 147 Å². The van der Waals surface area contributed by atoms with Crippen LogP contribution >= 0.6 is 0 Å². The number of esters is 1. The smallest absolute Gasteiger partial charge is 0.413 e. The van der Waals surface area contributed by atoms with Gasteiger partial charge >= 0.3 is 12.1 Å². The second kappa shape index (κ2) is 7.79. The third-order valence-electron chi connectivity index (χ3n) is 2.80. The fraction of sp³-hybridized carbons (Fsp3) is 0.588. The molecule has 0 aliphatic heterocycles. The summed E-state index contributed by atoms with van der Waals surface area (Å²) in [6, 6.07) is 1.73. The Kier molecular flexibility index (Phi) is 6.50. The van der Waals surface area contributed by atoms with Crippen LogP contribution in [0.25, 0.3) is 0 Å². The third-order valence-corrected chi connectivity index (χ3v) is 2.80. The van der Waals surface area contributed by atoms with Crippen molar-refractivity contribution in [3.8, 4) is 0 Å². The predicted molar refractivity (Wildman–Crippen MR) is 92.9 cm³/mol. The number of nitrogens with two attached hydrogens (primary N) is 1. The molecule has 0 saturated heterocycles. The van der Waals surface area contributed by atoms with Gasteiger partial charge in [0.2, 0.25) is 0 Å². The van der Waals surface area contributed by atoms with Crippen LogP contribution < -0.4 is 11.1 Å². The minimum Gasteiger partial charge on any atom is -0.459 e. The topological polar surface area (TPSA) is 124 Å². The van der Waals surface area contributed by atoms with Crippen molar-refractivity contribution in [3.05, 3.63) is 23.9 Å². The van der Waals surface area contributed by atoms with E-state index in [9.17, 15) is 14.7 Å². The van der Waals surface area contributed by atoms with Crippen molar-refractivity contribution >= 4 is 17.9 Å². The molecule has 2 atom stereocenters. The molecule has 140 valence electrons. The van der Waals surface area contributed by atoms with E-state index < -0.39 is 35.4 Å². The van der Waals surface area contributed by atoms with Gasteiger partial charge < -0.3 is 20.3 Å². The van der Waals surface area contributed by atoms with E-state index in [1.807, 2.05) is 0 Å². The zero-order chi connectivity index (χ0) is 19.4. The maximum Gasteiger partial charge on any atom is 0.413 e. The Hall–Kier alpha value is -2.19. The van der Waals surface area contributed by atoms with Crippen LogP contribution in [0.15, 0.2) is 18.3 Å². The number of carbonyl (C=O) groups excluding carboxylic acids is 2. The number of pyridine rings is 1. The molecule has 0 aliphatic rings. The molecular formula is C17H27N3O5. The minimum atomic E-state index is -1.41. The van der Waals surface area contributed by atoms with Gasteiger partial charge in [-0.3, -0.25) is 10.1 Å². The second-order valence-corrected chi connectivity index (χ2v) is 7.57. The predicted octanol–water partition coefficient (Wildman–Crippen LogP) is 2.13. The highest BCUT2D eigenvalue weighted by Gasteiger charge is 2.31. The van der Waals surface area contributed by atoms with Crippen molar-refractivity contribution in [2.75, 3.05) is 5.32 Å². The molecule has 0 radical (unpaired) electrons. The van der Waals surface area contributed by atoms with Crippen LogP contribution in [0.1, 0.15) is 53.2 Å². The molecule has 0 unspecified atom stereocenters.